The average molecular weight is 316 g/mol. The summed E-state index contributed by atoms with van der Waals surface area (Å²) in [5.41, 5.74) is 0.916. The lowest BCUT2D eigenvalue weighted by atomic mass is 10.1. The molecule has 1 saturated heterocycles. The van der Waals surface area contributed by atoms with Gasteiger partial charge in [0.15, 0.2) is 5.78 Å². The predicted molar refractivity (Wildman–Crippen MR) is 86.2 cm³/mol. The lowest BCUT2D eigenvalue weighted by Gasteiger charge is -2.01. The second kappa shape index (κ2) is 5.83. The van der Waals surface area contributed by atoms with Gasteiger partial charge < -0.3 is 4.74 Å². The van der Waals surface area contributed by atoms with E-state index in [0.29, 0.717) is 15.0 Å². The number of allylic oxidation sites excluding steroid dienone is 1. The third-order valence-electron chi connectivity index (χ3n) is 3.10. The number of Topliss-reactive ketones (excluding diaryl/α,β-unsaturated/α-hetero) is 1. The van der Waals surface area contributed by atoms with Gasteiger partial charge in [0.05, 0.1) is 17.1 Å². The summed E-state index contributed by atoms with van der Waals surface area (Å²) in [5, 5.41) is 10.9. The maximum atomic E-state index is 12.5. The minimum atomic E-state index is -0.528. The molecule has 1 aliphatic rings. The van der Waals surface area contributed by atoms with E-state index in [9.17, 15) is 4.79 Å². The second-order valence-electron chi connectivity index (χ2n) is 4.42. The Bertz CT molecular complexity index is 706. The molecule has 3 rings (SSSR count). The van der Waals surface area contributed by atoms with Gasteiger partial charge in [-0.1, -0.05) is 23.9 Å². The van der Waals surface area contributed by atoms with Crippen molar-refractivity contribution in [2.45, 2.75) is 5.92 Å². The number of thiazole rings is 1. The molecule has 1 aromatic carbocycles. The molecule has 0 unspecified atom stereocenters. The van der Waals surface area contributed by atoms with Crippen molar-refractivity contribution < 1.29 is 9.53 Å². The molecule has 2 heterocycles. The van der Waals surface area contributed by atoms with Gasteiger partial charge >= 0.3 is 0 Å². The Morgan fingerprint density at radius 3 is 2.71 bits per heavy atom. The highest BCUT2D eigenvalue weighted by atomic mass is 32.2. The molecule has 0 bridgehead atoms. The van der Waals surface area contributed by atoms with Crippen molar-refractivity contribution in [3.63, 3.8) is 0 Å². The van der Waals surface area contributed by atoms with E-state index < -0.39 is 5.92 Å². The van der Waals surface area contributed by atoms with E-state index in [0.717, 1.165) is 11.3 Å². The van der Waals surface area contributed by atoms with Gasteiger partial charge in [-0.2, -0.15) is 0 Å². The molecule has 0 aliphatic carbocycles. The summed E-state index contributed by atoms with van der Waals surface area (Å²) in [5.74, 6) is 0.200. The van der Waals surface area contributed by atoms with Crippen LogP contribution in [0, 0.1) is 5.41 Å². The molecule has 21 heavy (non-hydrogen) atoms. The van der Waals surface area contributed by atoms with Gasteiger partial charge in [0.2, 0.25) is 0 Å². The largest absolute Gasteiger partial charge is 0.497 e. The predicted octanol–water partition coefficient (Wildman–Crippen LogP) is 3.57. The molecule has 0 radical (unpaired) electrons. The van der Waals surface area contributed by atoms with Crippen LogP contribution in [0.4, 0.5) is 0 Å². The first-order chi connectivity index (χ1) is 10.2. The number of carbonyl (C=O) groups is 1. The maximum absolute atomic E-state index is 12.5. The van der Waals surface area contributed by atoms with Gasteiger partial charge in [0, 0.05) is 11.6 Å². The zero-order valence-electron chi connectivity index (χ0n) is 11.2. The number of thioether (sulfide) groups is 1. The molecule has 2 aromatic rings. The summed E-state index contributed by atoms with van der Waals surface area (Å²) in [6.07, 6.45) is 3.48. The normalized spacial score (nSPS) is 20.2. The number of ether oxygens (including phenoxy) is 1. The number of hydrogen-bond acceptors (Lipinski definition) is 6. The van der Waals surface area contributed by atoms with Crippen molar-refractivity contribution in [3.8, 4) is 5.75 Å². The molecule has 1 atom stereocenters. The highest BCUT2D eigenvalue weighted by molar-refractivity contribution is 8.19. The highest BCUT2D eigenvalue weighted by Crippen LogP contribution is 2.41. The van der Waals surface area contributed by atoms with Crippen LogP contribution in [0.2, 0.25) is 0 Å². The van der Waals surface area contributed by atoms with E-state index in [4.69, 9.17) is 10.1 Å². The summed E-state index contributed by atoms with van der Waals surface area (Å²) >= 11 is 2.63. The summed E-state index contributed by atoms with van der Waals surface area (Å²) in [6, 6.07) is 7.47. The molecule has 1 N–H and O–H groups in total. The van der Waals surface area contributed by atoms with Crippen molar-refractivity contribution in [1.29, 1.82) is 5.41 Å². The number of benzene rings is 1. The third kappa shape index (κ3) is 2.77. The van der Waals surface area contributed by atoms with Gasteiger partial charge in [-0.3, -0.25) is 10.2 Å². The summed E-state index contributed by atoms with van der Waals surface area (Å²) in [6.45, 7) is 0. The van der Waals surface area contributed by atoms with Crippen molar-refractivity contribution in [3.05, 3.63) is 51.3 Å². The molecular formula is C15H12N2O2S2. The topological polar surface area (TPSA) is 63.0 Å². The number of aromatic nitrogens is 1. The quantitative estimate of drug-likeness (QED) is 0.879. The smallest absolute Gasteiger partial charge is 0.186 e. The van der Waals surface area contributed by atoms with Crippen molar-refractivity contribution in [2.24, 2.45) is 0 Å². The zero-order chi connectivity index (χ0) is 14.8. The Hall–Kier alpha value is -1.92. The molecular weight excluding hydrogens is 304 g/mol. The molecule has 0 saturated carbocycles. The number of nitrogens with zero attached hydrogens (tertiary/aromatic N) is 1. The van der Waals surface area contributed by atoms with Crippen LogP contribution in [0.5, 0.6) is 5.75 Å². The average Bonchev–Trinajstić information content (AvgIpc) is 3.09. The van der Waals surface area contributed by atoms with Crippen molar-refractivity contribution in [1.82, 2.24) is 4.98 Å². The van der Waals surface area contributed by atoms with Crippen molar-refractivity contribution >= 4 is 40.0 Å². The summed E-state index contributed by atoms with van der Waals surface area (Å²) in [7, 11) is 1.61. The minimum absolute atomic E-state index is 0.0456. The van der Waals surface area contributed by atoms with Crippen LogP contribution in [0.3, 0.4) is 0 Å². The molecule has 0 spiro atoms. The van der Waals surface area contributed by atoms with Crippen molar-refractivity contribution in [2.75, 3.05) is 7.11 Å². The first-order valence-electron chi connectivity index (χ1n) is 6.24. The van der Waals surface area contributed by atoms with E-state index in [1.54, 1.807) is 13.3 Å². The Morgan fingerprint density at radius 2 is 2.10 bits per heavy atom. The van der Waals surface area contributed by atoms with E-state index >= 15 is 0 Å². The van der Waals surface area contributed by atoms with Gasteiger partial charge in [-0.25, -0.2) is 4.98 Å². The number of hydrogen-bond donors (Lipinski definition) is 1. The van der Waals surface area contributed by atoms with Gasteiger partial charge in [0.25, 0.3) is 0 Å². The maximum Gasteiger partial charge on any atom is 0.186 e. The molecule has 1 aliphatic heterocycles. The van der Waals surface area contributed by atoms with Gasteiger partial charge in [-0.05, 0) is 23.8 Å². The Kier molecular flexibility index (Phi) is 3.90. The molecule has 1 fully saturated rings. The van der Waals surface area contributed by atoms with E-state index in [-0.39, 0.29) is 5.78 Å². The van der Waals surface area contributed by atoms with Gasteiger partial charge in [0.1, 0.15) is 16.7 Å². The van der Waals surface area contributed by atoms with Crippen LogP contribution in [0.15, 0.2) is 40.7 Å². The van der Waals surface area contributed by atoms with Crippen LogP contribution in [-0.2, 0) is 4.79 Å². The number of rotatable bonds is 3. The first kappa shape index (κ1) is 14.0. The number of carbonyl (C=O) groups excluding carboxylic acids is 1. The van der Waals surface area contributed by atoms with E-state index in [2.05, 4.69) is 4.98 Å². The summed E-state index contributed by atoms with van der Waals surface area (Å²) in [4.78, 5) is 17.2. The van der Waals surface area contributed by atoms with E-state index in [1.165, 1.54) is 23.1 Å². The standard InChI is InChI=1S/C15H12N2O2S2/c1-19-10-4-2-9(3-5-10)8-11-13(18)12(14(16)21-11)15-17-6-7-20-15/h2-8,12,16H,1H3/b11-8-,16-14?/t12-/m0/s1. The fraction of sp³-hybridized carbons (Fsp3) is 0.133. The first-order valence-corrected chi connectivity index (χ1v) is 7.94. The monoisotopic (exact) mass is 316 g/mol. The van der Waals surface area contributed by atoms with Crippen LogP contribution < -0.4 is 4.74 Å². The SMILES string of the molecule is COc1ccc(/C=C2\SC(=N)[C@@H](c3nccs3)C2=O)cc1. The Balaban J connectivity index is 1.88. The number of methoxy groups -OCH3 is 1. The molecule has 106 valence electrons. The Morgan fingerprint density at radius 1 is 1.33 bits per heavy atom. The molecule has 1 aromatic heterocycles. The summed E-state index contributed by atoms with van der Waals surface area (Å²) < 4.78 is 5.11. The molecule has 0 amide bonds. The van der Waals surface area contributed by atoms with Crippen LogP contribution in [0.1, 0.15) is 16.5 Å². The van der Waals surface area contributed by atoms with Crippen LogP contribution >= 0.6 is 23.1 Å². The lowest BCUT2D eigenvalue weighted by molar-refractivity contribution is -0.114. The second-order valence-corrected chi connectivity index (χ2v) is 6.43. The zero-order valence-corrected chi connectivity index (χ0v) is 12.8. The number of ketones is 1. The number of nitrogens with one attached hydrogen (secondary N) is 1. The van der Waals surface area contributed by atoms with E-state index in [1.807, 2.05) is 35.7 Å². The van der Waals surface area contributed by atoms with Crippen LogP contribution in [-0.4, -0.2) is 22.9 Å². The fourth-order valence-electron chi connectivity index (χ4n) is 2.04. The fourth-order valence-corrected chi connectivity index (χ4v) is 3.85. The molecule has 6 heteroatoms. The minimum Gasteiger partial charge on any atom is -0.497 e. The van der Waals surface area contributed by atoms with Crippen LogP contribution in [0.25, 0.3) is 6.08 Å². The van der Waals surface area contributed by atoms with Gasteiger partial charge in [-0.15, -0.1) is 11.3 Å². The highest BCUT2D eigenvalue weighted by Gasteiger charge is 2.38. The molecule has 4 nitrogen and oxygen atoms in total. The lowest BCUT2D eigenvalue weighted by Crippen LogP contribution is -2.11. The third-order valence-corrected chi connectivity index (χ3v) is 4.93. The Labute approximate surface area is 130 Å².